The SMILES string of the molecule is Cc1cc(Br)ccc1NC(=O)CNC(=O)C(=O)NCC(F)(F)F. The van der Waals surface area contributed by atoms with Gasteiger partial charge < -0.3 is 16.0 Å². The molecule has 0 saturated carbocycles. The lowest BCUT2D eigenvalue weighted by atomic mass is 10.2. The first-order chi connectivity index (χ1) is 10.6. The number of carbonyl (C=O) groups is 3. The zero-order chi connectivity index (χ0) is 17.6. The topological polar surface area (TPSA) is 87.3 Å². The maximum absolute atomic E-state index is 11.9. The van der Waals surface area contributed by atoms with Crippen LogP contribution < -0.4 is 16.0 Å². The normalized spacial score (nSPS) is 10.8. The predicted octanol–water partition coefficient (Wildman–Crippen LogP) is 1.49. The van der Waals surface area contributed by atoms with Gasteiger partial charge in [-0.05, 0) is 30.7 Å². The molecule has 23 heavy (non-hydrogen) atoms. The summed E-state index contributed by atoms with van der Waals surface area (Å²) in [6, 6.07) is 5.10. The number of aryl methyl sites for hydroxylation is 1. The van der Waals surface area contributed by atoms with Gasteiger partial charge in [0.05, 0.1) is 6.54 Å². The van der Waals surface area contributed by atoms with Gasteiger partial charge in [0.2, 0.25) is 5.91 Å². The molecule has 3 N–H and O–H groups in total. The highest BCUT2D eigenvalue weighted by atomic mass is 79.9. The van der Waals surface area contributed by atoms with Crippen LogP contribution in [0.4, 0.5) is 18.9 Å². The van der Waals surface area contributed by atoms with Crippen LogP contribution in [0.25, 0.3) is 0 Å². The molecule has 0 aliphatic rings. The Labute approximate surface area is 137 Å². The molecule has 0 atom stereocenters. The smallest absolute Gasteiger partial charge is 0.339 e. The quantitative estimate of drug-likeness (QED) is 0.675. The minimum Gasteiger partial charge on any atom is -0.339 e. The van der Waals surface area contributed by atoms with Crippen molar-refractivity contribution >= 4 is 39.3 Å². The van der Waals surface area contributed by atoms with Crippen molar-refractivity contribution in [3.05, 3.63) is 28.2 Å². The van der Waals surface area contributed by atoms with Crippen LogP contribution >= 0.6 is 15.9 Å². The Morgan fingerprint density at radius 3 is 2.30 bits per heavy atom. The molecule has 0 fully saturated rings. The summed E-state index contributed by atoms with van der Waals surface area (Å²) in [5.74, 6) is -3.40. The Bertz CT molecular complexity index is 620. The second kappa shape index (κ2) is 7.95. The number of alkyl halides is 3. The molecular formula is C13H13BrF3N3O3. The van der Waals surface area contributed by atoms with E-state index >= 15 is 0 Å². The van der Waals surface area contributed by atoms with Gasteiger partial charge in [0.1, 0.15) is 6.54 Å². The highest BCUT2D eigenvalue weighted by Crippen LogP contribution is 2.19. The van der Waals surface area contributed by atoms with Gasteiger partial charge in [0.15, 0.2) is 0 Å². The summed E-state index contributed by atoms with van der Waals surface area (Å²) < 4.78 is 36.5. The minimum atomic E-state index is -4.62. The van der Waals surface area contributed by atoms with E-state index in [0.29, 0.717) is 5.69 Å². The molecule has 0 saturated heterocycles. The molecule has 0 heterocycles. The highest BCUT2D eigenvalue weighted by molar-refractivity contribution is 9.10. The largest absolute Gasteiger partial charge is 0.405 e. The zero-order valence-corrected chi connectivity index (χ0v) is 13.5. The van der Waals surface area contributed by atoms with Crippen LogP contribution in [0, 0.1) is 6.92 Å². The van der Waals surface area contributed by atoms with Crippen molar-refractivity contribution in [2.75, 3.05) is 18.4 Å². The Morgan fingerprint density at radius 1 is 1.13 bits per heavy atom. The van der Waals surface area contributed by atoms with Gasteiger partial charge in [-0.2, -0.15) is 13.2 Å². The van der Waals surface area contributed by atoms with E-state index in [1.165, 1.54) is 5.32 Å². The van der Waals surface area contributed by atoms with Gasteiger partial charge >= 0.3 is 18.0 Å². The number of benzene rings is 1. The lowest BCUT2D eigenvalue weighted by Crippen LogP contribution is -2.45. The van der Waals surface area contributed by atoms with Crippen molar-refractivity contribution in [3.63, 3.8) is 0 Å². The summed E-state index contributed by atoms with van der Waals surface area (Å²) in [7, 11) is 0. The fourth-order valence-corrected chi connectivity index (χ4v) is 1.94. The molecule has 126 valence electrons. The molecule has 6 nitrogen and oxygen atoms in total. The summed E-state index contributed by atoms with van der Waals surface area (Å²) in [6.07, 6.45) is -4.62. The molecule has 1 rings (SSSR count). The molecule has 10 heteroatoms. The average molecular weight is 396 g/mol. The first-order valence-corrected chi connectivity index (χ1v) is 7.06. The maximum atomic E-state index is 11.9. The molecule has 0 bridgehead atoms. The number of hydrogen-bond acceptors (Lipinski definition) is 3. The molecule has 0 radical (unpaired) electrons. The second-order valence-corrected chi connectivity index (χ2v) is 5.40. The van der Waals surface area contributed by atoms with E-state index in [4.69, 9.17) is 0 Å². The van der Waals surface area contributed by atoms with Crippen molar-refractivity contribution in [3.8, 4) is 0 Å². The fraction of sp³-hybridized carbons (Fsp3) is 0.308. The van der Waals surface area contributed by atoms with Crippen molar-refractivity contribution < 1.29 is 27.6 Å². The monoisotopic (exact) mass is 395 g/mol. The van der Waals surface area contributed by atoms with E-state index in [0.717, 1.165) is 10.0 Å². The summed E-state index contributed by atoms with van der Waals surface area (Å²) in [6.45, 7) is -0.416. The van der Waals surface area contributed by atoms with Crippen LogP contribution in [0.3, 0.4) is 0 Å². The van der Waals surface area contributed by atoms with E-state index in [1.807, 2.05) is 5.32 Å². The van der Waals surface area contributed by atoms with Crippen molar-refractivity contribution in [2.45, 2.75) is 13.1 Å². The molecule has 0 unspecified atom stereocenters. The van der Waals surface area contributed by atoms with Gasteiger partial charge in [0.25, 0.3) is 0 Å². The lowest BCUT2D eigenvalue weighted by molar-refractivity contribution is -0.146. The van der Waals surface area contributed by atoms with E-state index in [-0.39, 0.29) is 0 Å². The molecule has 0 aliphatic heterocycles. The number of rotatable bonds is 4. The third-order valence-corrected chi connectivity index (χ3v) is 3.02. The van der Waals surface area contributed by atoms with Crippen LogP contribution in [0.2, 0.25) is 0 Å². The number of anilines is 1. The lowest BCUT2D eigenvalue weighted by Gasteiger charge is -2.10. The van der Waals surface area contributed by atoms with Crippen molar-refractivity contribution in [1.29, 1.82) is 0 Å². The van der Waals surface area contributed by atoms with Crippen molar-refractivity contribution in [2.24, 2.45) is 0 Å². The number of amides is 3. The molecule has 0 aromatic heterocycles. The molecular weight excluding hydrogens is 383 g/mol. The standard InChI is InChI=1S/C13H13BrF3N3O3/c1-7-4-8(14)2-3-9(7)20-10(21)5-18-11(22)12(23)19-6-13(15,16)17/h2-4H,5-6H2,1H3,(H,18,22)(H,19,23)(H,20,21). The summed E-state index contributed by atoms with van der Waals surface area (Å²) in [5, 5.41) is 5.83. The van der Waals surface area contributed by atoms with Gasteiger partial charge in [-0.15, -0.1) is 0 Å². The molecule has 1 aromatic rings. The van der Waals surface area contributed by atoms with Gasteiger partial charge in [0, 0.05) is 10.2 Å². The number of carbonyl (C=O) groups excluding carboxylic acids is 3. The van der Waals surface area contributed by atoms with E-state index in [2.05, 4.69) is 21.2 Å². The third kappa shape index (κ3) is 7.13. The summed E-state index contributed by atoms with van der Waals surface area (Å²) in [5.41, 5.74) is 1.27. The molecule has 3 amide bonds. The second-order valence-electron chi connectivity index (χ2n) is 4.49. The minimum absolute atomic E-state index is 0.508. The Morgan fingerprint density at radius 2 is 1.74 bits per heavy atom. The highest BCUT2D eigenvalue weighted by Gasteiger charge is 2.29. The fourth-order valence-electron chi connectivity index (χ4n) is 1.46. The number of hydrogen-bond donors (Lipinski definition) is 3. The molecule has 0 aliphatic carbocycles. The van der Waals surface area contributed by atoms with Gasteiger partial charge in [-0.1, -0.05) is 15.9 Å². The van der Waals surface area contributed by atoms with E-state index in [9.17, 15) is 27.6 Å². The van der Waals surface area contributed by atoms with Crippen LogP contribution in [-0.4, -0.2) is 37.0 Å². The van der Waals surface area contributed by atoms with Crippen LogP contribution in [-0.2, 0) is 14.4 Å². The van der Waals surface area contributed by atoms with Gasteiger partial charge in [-0.25, -0.2) is 0 Å². The Balaban J connectivity index is 2.43. The van der Waals surface area contributed by atoms with Crippen LogP contribution in [0.1, 0.15) is 5.56 Å². The summed E-state index contributed by atoms with van der Waals surface area (Å²) in [4.78, 5) is 34.0. The zero-order valence-electron chi connectivity index (χ0n) is 11.9. The third-order valence-electron chi connectivity index (χ3n) is 2.53. The Hall–Kier alpha value is -2.10. The van der Waals surface area contributed by atoms with Crippen molar-refractivity contribution in [1.82, 2.24) is 10.6 Å². The molecule has 1 aromatic carbocycles. The molecule has 0 spiro atoms. The average Bonchev–Trinajstić information content (AvgIpc) is 2.44. The first kappa shape index (κ1) is 18.9. The van der Waals surface area contributed by atoms with Crippen LogP contribution in [0.5, 0.6) is 0 Å². The summed E-state index contributed by atoms with van der Waals surface area (Å²) >= 11 is 3.26. The first-order valence-electron chi connectivity index (χ1n) is 6.27. The van der Waals surface area contributed by atoms with E-state index in [1.54, 1.807) is 25.1 Å². The van der Waals surface area contributed by atoms with Gasteiger partial charge in [-0.3, -0.25) is 14.4 Å². The van der Waals surface area contributed by atoms with Crippen LogP contribution in [0.15, 0.2) is 22.7 Å². The predicted molar refractivity (Wildman–Crippen MR) is 79.6 cm³/mol. The Kier molecular flexibility index (Phi) is 6.55. The van der Waals surface area contributed by atoms with E-state index < -0.39 is 37.0 Å². The number of nitrogens with one attached hydrogen (secondary N) is 3. The number of halogens is 4. The maximum Gasteiger partial charge on any atom is 0.405 e.